The first-order valence-electron chi connectivity index (χ1n) is 19.6. The van der Waals surface area contributed by atoms with Gasteiger partial charge in [0.2, 0.25) is 47.3 Å². The minimum absolute atomic E-state index is 0.0974. The van der Waals surface area contributed by atoms with Crippen molar-refractivity contribution in [2.45, 2.75) is 114 Å². The molecule has 26 heteroatoms. The zero-order valence-corrected chi connectivity index (χ0v) is 35.2. The Morgan fingerprint density at radius 2 is 1.36 bits per heavy atom. The second-order valence-corrected chi connectivity index (χ2v) is 14.5. The number of carboxylic acid groups (broad SMARTS) is 2. The van der Waals surface area contributed by atoms with E-state index in [9.17, 15) is 53.1 Å². The van der Waals surface area contributed by atoms with Gasteiger partial charge in [-0.05, 0) is 71.8 Å². The fraction of sp³-hybridized carbons (Fsp3) is 0.686. The fourth-order valence-corrected chi connectivity index (χ4v) is 6.02. The highest BCUT2D eigenvalue weighted by molar-refractivity contribution is 7.80. The molecule has 1 saturated heterocycles. The van der Waals surface area contributed by atoms with Crippen LogP contribution in [0.3, 0.4) is 0 Å². The Morgan fingerprint density at radius 3 is 1.97 bits per heavy atom. The molecule has 0 bridgehead atoms. The molecule has 61 heavy (non-hydrogen) atoms. The molecule has 1 aliphatic heterocycles. The molecule has 1 aliphatic rings. The van der Waals surface area contributed by atoms with Crippen LogP contribution in [0.15, 0.2) is 4.99 Å². The van der Waals surface area contributed by atoms with E-state index in [0.29, 0.717) is 32.2 Å². The Balaban J connectivity index is 2.91. The Hall–Kier alpha value is -5.76. The molecule has 0 aromatic rings. The third kappa shape index (κ3) is 20.4. The lowest BCUT2D eigenvalue weighted by Crippen LogP contribution is -2.58. The Bertz CT molecular complexity index is 1600. The van der Waals surface area contributed by atoms with Crippen molar-refractivity contribution >= 4 is 77.8 Å². The van der Waals surface area contributed by atoms with E-state index in [1.165, 1.54) is 18.7 Å². The van der Waals surface area contributed by atoms with E-state index in [0.717, 1.165) is 0 Å². The number of rotatable bonds is 28. The van der Waals surface area contributed by atoms with Crippen LogP contribution in [0.2, 0.25) is 0 Å². The van der Waals surface area contributed by atoms with E-state index in [4.69, 9.17) is 28.0 Å². The largest absolute Gasteiger partial charge is 0.481 e. The molecular weight excluding hydrogens is 827 g/mol. The lowest BCUT2D eigenvalue weighted by Gasteiger charge is -2.29. The Labute approximate surface area is 357 Å². The summed E-state index contributed by atoms with van der Waals surface area (Å²) < 4.78 is 0. The molecule has 0 unspecified atom stereocenters. The van der Waals surface area contributed by atoms with Crippen LogP contribution in [0.5, 0.6) is 0 Å². The topological polar surface area (TPSA) is 415 Å². The standard InChI is InChI=1S/C35H61N13O12S/c1-18(28(53)44-19(2)34(59)60)43-25(49)15-42-32(57)24-9-6-14-48(24)33(58)23(17-61)47-31(56)22(10-11-27(51)52)45-26(50)16-41-30(55)21(8-3-4-12-36)46-29(54)20(37)7-5-13-40-35(38)39/h18-24,61H,3-17,36-37H2,1-2H3,(H,41,55)(H,42,57)(H,43,49)(H,44,53)(H,45,50)(H,46,54)(H,47,56)(H,51,52)(H,59,60)(H4,38,39,40)/t18-,19-,20-,21-,22-,23-,24-/m0/s1. The number of nitrogens with two attached hydrogens (primary N) is 4. The number of carboxylic acids is 2. The number of nitrogens with one attached hydrogen (secondary N) is 7. The SMILES string of the molecule is C[C@H](NC(=O)[C@H](C)NC(=O)CNC(=O)[C@@H]1CCCN1C(=O)[C@H](CS)NC(=O)[C@H](CCC(=O)O)NC(=O)CNC(=O)[C@H](CCCCN)NC(=O)[C@@H](N)CCCN=C(N)N)C(=O)O. The van der Waals surface area contributed by atoms with Gasteiger partial charge in [0.15, 0.2) is 5.96 Å². The van der Waals surface area contributed by atoms with Crippen LogP contribution in [0.25, 0.3) is 0 Å². The van der Waals surface area contributed by atoms with E-state index < -0.39 is 127 Å². The zero-order chi connectivity index (χ0) is 46.2. The Kier molecular flexibility index (Phi) is 24.4. The predicted molar refractivity (Wildman–Crippen MR) is 221 cm³/mol. The second-order valence-electron chi connectivity index (χ2n) is 14.2. The highest BCUT2D eigenvalue weighted by Gasteiger charge is 2.38. The summed E-state index contributed by atoms with van der Waals surface area (Å²) in [5.41, 5.74) is 22.1. The zero-order valence-electron chi connectivity index (χ0n) is 34.3. The minimum atomic E-state index is -1.50. The number of carbonyl (C=O) groups is 10. The van der Waals surface area contributed by atoms with Gasteiger partial charge in [0, 0.05) is 25.3 Å². The van der Waals surface area contributed by atoms with Gasteiger partial charge >= 0.3 is 11.9 Å². The normalized spacial score (nSPS) is 16.2. The molecule has 1 rings (SSSR count). The van der Waals surface area contributed by atoms with Gasteiger partial charge in [-0.3, -0.25) is 52.9 Å². The van der Waals surface area contributed by atoms with Gasteiger partial charge in [0.05, 0.1) is 19.1 Å². The first-order valence-corrected chi connectivity index (χ1v) is 20.3. The molecule has 0 aromatic heterocycles. The number of hydrogen-bond acceptors (Lipinski definition) is 14. The highest BCUT2D eigenvalue weighted by atomic mass is 32.1. The molecule has 0 saturated carbocycles. The first-order chi connectivity index (χ1) is 28.7. The van der Waals surface area contributed by atoms with Crippen LogP contribution in [-0.4, -0.2) is 161 Å². The monoisotopic (exact) mass is 887 g/mol. The van der Waals surface area contributed by atoms with Crippen molar-refractivity contribution in [1.82, 2.24) is 42.1 Å². The number of guanidine groups is 1. The molecule has 344 valence electrons. The van der Waals surface area contributed by atoms with Crippen LogP contribution < -0.4 is 60.2 Å². The van der Waals surface area contributed by atoms with E-state index in [-0.39, 0.29) is 44.1 Å². The third-order valence-corrected chi connectivity index (χ3v) is 9.53. The minimum Gasteiger partial charge on any atom is -0.481 e. The highest BCUT2D eigenvalue weighted by Crippen LogP contribution is 2.19. The van der Waals surface area contributed by atoms with Gasteiger partial charge in [0.25, 0.3) is 0 Å². The average molecular weight is 888 g/mol. The maximum absolute atomic E-state index is 13.6. The maximum Gasteiger partial charge on any atom is 0.325 e. The summed E-state index contributed by atoms with van der Waals surface area (Å²) in [7, 11) is 0. The summed E-state index contributed by atoms with van der Waals surface area (Å²) in [6.07, 6.45) is 1.33. The van der Waals surface area contributed by atoms with Gasteiger partial charge in [-0.25, -0.2) is 0 Å². The number of carbonyl (C=O) groups excluding carboxylic acids is 8. The van der Waals surface area contributed by atoms with Crippen molar-refractivity contribution in [1.29, 1.82) is 0 Å². The van der Waals surface area contributed by atoms with E-state index >= 15 is 0 Å². The molecule has 0 aliphatic carbocycles. The van der Waals surface area contributed by atoms with Crippen molar-refractivity contribution in [2.24, 2.45) is 27.9 Å². The first kappa shape index (κ1) is 53.3. The summed E-state index contributed by atoms with van der Waals surface area (Å²) in [6.45, 7) is 1.95. The van der Waals surface area contributed by atoms with Crippen molar-refractivity contribution in [2.75, 3.05) is 38.5 Å². The molecule has 7 atom stereocenters. The molecule has 1 fully saturated rings. The summed E-state index contributed by atoms with van der Waals surface area (Å²) in [5.74, 6) is -9.17. The fourth-order valence-electron chi connectivity index (χ4n) is 5.77. The molecule has 17 N–H and O–H groups in total. The van der Waals surface area contributed by atoms with Crippen LogP contribution in [-0.2, 0) is 47.9 Å². The molecule has 0 spiro atoms. The average Bonchev–Trinajstić information content (AvgIpc) is 3.70. The van der Waals surface area contributed by atoms with Crippen molar-refractivity contribution in [3.8, 4) is 0 Å². The van der Waals surface area contributed by atoms with Crippen LogP contribution in [0.4, 0.5) is 0 Å². The smallest absolute Gasteiger partial charge is 0.325 e. The molecule has 0 radical (unpaired) electrons. The molecule has 8 amide bonds. The second kappa shape index (κ2) is 27.9. The van der Waals surface area contributed by atoms with E-state index in [2.05, 4.69) is 54.8 Å². The lowest BCUT2D eigenvalue weighted by molar-refractivity contribution is -0.142. The van der Waals surface area contributed by atoms with Crippen LogP contribution in [0.1, 0.15) is 71.6 Å². The van der Waals surface area contributed by atoms with Crippen LogP contribution in [0, 0.1) is 0 Å². The van der Waals surface area contributed by atoms with Gasteiger partial charge in [-0.15, -0.1) is 0 Å². The van der Waals surface area contributed by atoms with Crippen molar-refractivity contribution in [3.63, 3.8) is 0 Å². The summed E-state index contributed by atoms with van der Waals surface area (Å²) in [4.78, 5) is 131. The summed E-state index contributed by atoms with van der Waals surface area (Å²) in [6, 6.07) is -8.34. The van der Waals surface area contributed by atoms with Crippen LogP contribution >= 0.6 is 12.6 Å². The van der Waals surface area contributed by atoms with Crippen molar-refractivity contribution < 1.29 is 58.2 Å². The number of likely N-dealkylation sites (tertiary alicyclic amines) is 1. The third-order valence-electron chi connectivity index (χ3n) is 9.16. The van der Waals surface area contributed by atoms with Gasteiger partial charge in [-0.2, -0.15) is 12.6 Å². The maximum atomic E-state index is 13.6. The number of thiol groups is 1. The lowest BCUT2D eigenvalue weighted by atomic mass is 10.1. The summed E-state index contributed by atoms with van der Waals surface area (Å²) in [5, 5.41) is 34.9. The van der Waals surface area contributed by atoms with E-state index in [1.807, 2.05) is 0 Å². The molecule has 25 nitrogen and oxygen atoms in total. The van der Waals surface area contributed by atoms with Crippen molar-refractivity contribution in [3.05, 3.63) is 0 Å². The number of hydrogen-bond donors (Lipinski definition) is 14. The number of amides is 8. The Morgan fingerprint density at radius 1 is 0.738 bits per heavy atom. The van der Waals surface area contributed by atoms with Gasteiger partial charge < -0.3 is 75.3 Å². The quantitative estimate of drug-likeness (QED) is 0.0151. The molecular formula is C35H61N13O12S. The number of nitrogens with zero attached hydrogens (tertiary/aromatic N) is 2. The number of aliphatic carboxylic acids is 2. The van der Waals surface area contributed by atoms with Gasteiger partial charge in [-0.1, -0.05) is 0 Å². The number of unbranched alkanes of at least 4 members (excludes halogenated alkanes) is 1. The molecule has 1 heterocycles. The van der Waals surface area contributed by atoms with E-state index in [1.54, 1.807) is 0 Å². The number of aliphatic imine (C=N–C) groups is 1. The van der Waals surface area contributed by atoms with Gasteiger partial charge in [0.1, 0.15) is 36.3 Å². The predicted octanol–water partition coefficient (Wildman–Crippen LogP) is -5.94. The summed E-state index contributed by atoms with van der Waals surface area (Å²) >= 11 is 4.18. The molecule has 0 aromatic carbocycles.